The van der Waals surface area contributed by atoms with Gasteiger partial charge in [-0.1, -0.05) is 41.7 Å². The van der Waals surface area contributed by atoms with Gasteiger partial charge < -0.3 is 14.5 Å². The average Bonchev–Trinajstić information content (AvgIpc) is 2.49. The van der Waals surface area contributed by atoms with E-state index < -0.39 is 5.60 Å². The molecule has 0 unspecified atom stereocenters. The van der Waals surface area contributed by atoms with E-state index in [1.165, 1.54) is 21.6 Å². The molecular formula is C19H28N2O2S2. The van der Waals surface area contributed by atoms with Gasteiger partial charge in [0.25, 0.3) is 0 Å². The maximum absolute atomic E-state index is 12.1. The van der Waals surface area contributed by atoms with Crippen LogP contribution in [-0.2, 0) is 4.74 Å². The molecule has 0 spiro atoms. The molecule has 1 aromatic carbocycles. The number of thioether (sulfide) groups is 1. The van der Waals surface area contributed by atoms with Gasteiger partial charge in [0.05, 0.1) is 0 Å². The molecule has 2 rings (SSSR count). The van der Waals surface area contributed by atoms with E-state index >= 15 is 0 Å². The van der Waals surface area contributed by atoms with Crippen LogP contribution in [0.15, 0.2) is 17.0 Å². The van der Waals surface area contributed by atoms with E-state index in [-0.39, 0.29) is 6.09 Å². The molecule has 0 aliphatic carbocycles. The lowest BCUT2D eigenvalue weighted by Crippen LogP contribution is -2.50. The van der Waals surface area contributed by atoms with Gasteiger partial charge >= 0.3 is 6.09 Å². The summed E-state index contributed by atoms with van der Waals surface area (Å²) < 4.78 is 6.32. The first kappa shape index (κ1) is 20.0. The Morgan fingerprint density at radius 3 is 2.00 bits per heavy atom. The molecule has 1 aliphatic rings. The zero-order valence-corrected chi connectivity index (χ0v) is 17.6. The predicted molar refractivity (Wildman–Crippen MR) is 108 cm³/mol. The number of thiocarbonyl (C=S) groups is 1. The number of carbonyl (C=O) groups excluding carboxylic acids is 1. The Balaban J connectivity index is 1.93. The molecule has 1 amide bonds. The largest absolute Gasteiger partial charge is 0.444 e. The molecule has 1 fully saturated rings. The summed E-state index contributed by atoms with van der Waals surface area (Å²) in [7, 11) is 0. The van der Waals surface area contributed by atoms with E-state index in [1.807, 2.05) is 20.8 Å². The van der Waals surface area contributed by atoms with Crippen LogP contribution in [0.1, 0.15) is 37.5 Å². The highest BCUT2D eigenvalue weighted by Crippen LogP contribution is 2.30. The third kappa shape index (κ3) is 5.61. The van der Waals surface area contributed by atoms with Crippen LogP contribution in [0.2, 0.25) is 0 Å². The Kier molecular flexibility index (Phi) is 6.38. The van der Waals surface area contributed by atoms with E-state index in [9.17, 15) is 4.79 Å². The quantitative estimate of drug-likeness (QED) is 0.527. The van der Waals surface area contributed by atoms with Crippen LogP contribution in [0.4, 0.5) is 4.79 Å². The minimum atomic E-state index is -0.458. The number of amides is 1. The van der Waals surface area contributed by atoms with Crippen molar-refractivity contribution in [3.63, 3.8) is 0 Å². The molecule has 0 bridgehead atoms. The minimum absolute atomic E-state index is 0.240. The van der Waals surface area contributed by atoms with Crippen molar-refractivity contribution in [3.8, 4) is 0 Å². The normalized spacial score (nSPS) is 15.3. The number of piperazine rings is 1. The Hall–Kier alpha value is -1.27. The van der Waals surface area contributed by atoms with Crippen LogP contribution < -0.4 is 0 Å². The lowest BCUT2D eigenvalue weighted by Gasteiger charge is -2.36. The summed E-state index contributed by atoms with van der Waals surface area (Å²) in [5, 5.41) is 0. The van der Waals surface area contributed by atoms with E-state index in [1.54, 1.807) is 16.7 Å². The van der Waals surface area contributed by atoms with Crippen LogP contribution in [0.25, 0.3) is 0 Å². The molecule has 138 valence electrons. The second-order valence-corrected chi connectivity index (χ2v) is 9.19. The fourth-order valence-electron chi connectivity index (χ4n) is 2.88. The van der Waals surface area contributed by atoms with Crippen molar-refractivity contribution in [2.45, 2.75) is 52.0 Å². The first-order chi connectivity index (χ1) is 11.6. The molecule has 25 heavy (non-hydrogen) atoms. The van der Waals surface area contributed by atoms with Gasteiger partial charge in [0.15, 0.2) is 0 Å². The predicted octanol–water partition coefficient (Wildman–Crippen LogP) is 4.54. The van der Waals surface area contributed by atoms with Gasteiger partial charge in [-0.15, -0.1) is 0 Å². The standard InChI is InChI=1S/C19H28N2O2S2/c1-13-11-14(2)16(15(3)12-13)25-18(24)21-9-7-20(8-10-21)17(22)23-19(4,5)6/h11-12H,7-10H2,1-6H3. The summed E-state index contributed by atoms with van der Waals surface area (Å²) in [6.07, 6.45) is -0.240. The molecule has 0 atom stereocenters. The highest BCUT2D eigenvalue weighted by Gasteiger charge is 2.27. The third-order valence-electron chi connectivity index (χ3n) is 3.98. The number of rotatable bonds is 1. The number of aryl methyl sites for hydroxylation is 3. The molecule has 1 aliphatic heterocycles. The van der Waals surface area contributed by atoms with Crippen LogP contribution in [-0.4, -0.2) is 52.0 Å². The smallest absolute Gasteiger partial charge is 0.410 e. The molecule has 6 heteroatoms. The molecule has 1 heterocycles. The summed E-state index contributed by atoms with van der Waals surface area (Å²) in [5.41, 5.74) is 3.34. The van der Waals surface area contributed by atoms with Crippen LogP contribution >= 0.6 is 24.0 Å². The molecule has 4 nitrogen and oxygen atoms in total. The van der Waals surface area contributed by atoms with Gasteiger partial charge in [0.2, 0.25) is 0 Å². The number of hydrogen-bond acceptors (Lipinski definition) is 4. The summed E-state index contributed by atoms with van der Waals surface area (Å²) in [4.78, 5) is 17.3. The number of ether oxygens (including phenoxy) is 1. The second kappa shape index (κ2) is 7.96. The summed E-state index contributed by atoms with van der Waals surface area (Å²) in [6, 6.07) is 4.39. The van der Waals surface area contributed by atoms with Gasteiger partial charge in [-0.25, -0.2) is 4.79 Å². The van der Waals surface area contributed by atoms with Crippen LogP contribution in [0.3, 0.4) is 0 Å². The lowest BCUT2D eigenvalue weighted by atomic mass is 10.1. The summed E-state index contributed by atoms with van der Waals surface area (Å²) in [6.45, 7) is 14.8. The highest BCUT2D eigenvalue weighted by molar-refractivity contribution is 8.23. The van der Waals surface area contributed by atoms with E-state index in [0.29, 0.717) is 13.1 Å². The van der Waals surface area contributed by atoms with Crippen LogP contribution in [0, 0.1) is 20.8 Å². The molecule has 1 saturated heterocycles. The number of hydrogen-bond donors (Lipinski definition) is 0. The van der Waals surface area contributed by atoms with Crippen molar-refractivity contribution in [2.24, 2.45) is 0 Å². The van der Waals surface area contributed by atoms with Crippen molar-refractivity contribution in [3.05, 3.63) is 28.8 Å². The Labute approximate surface area is 160 Å². The van der Waals surface area contributed by atoms with E-state index in [4.69, 9.17) is 17.0 Å². The number of nitrogens with zero attached hydrogens (tertiary/aromatic N) is 2. The second-order valence-electron chi connectivity index (χ2n) is 7.55. The third-order valence-corrected chi connectivity index (χ3v) is 5.77. The molecular weight excluding hydrogens is 352 g/mol. The fourth-order valence-corrected chi connectivity index (χ4v) is 4.24. The van der Waals surface area contributed by atoms with Crippen molar-refractivity contribution in [2.75, 3.05) is 26.2 Å². The van der Waals surface area contributed by atoms with Gasteiger partial charge in [-0.2, -0.15) is 0 Å². The first-order valence-electron chi connectivity index (χ1n) is 8.59. The fraction of sp³-hybridized carbons (Fsp3) is 0.579. The van der Waals surface area contributed by atoms with Crippen molar-refractivity contribution in [1.29, 1.82) is 0 Å². The number of carbonyl (C=O) groups is 1. The topological polar surface area (TPSA) is 32.8 Å². The van der Waals surface area contributed by atoms with Crippen molar-refractivity contribution < 1.29 is 9.53 Å². The van der Waals surface area contributed by atoms with Crippen LogP contribution in [0.5, 0.6) is 0 Å². The van der Waals surface area contributed by atoms with Crippen molar-refractivity contribution >= 4 is 34.4 Å². The average molecular weight is 381 g/mol. The molecule has 0 saturated carbocycles. The maximum atomic E-state index is 12.1. The molecule has 0 aromatic heterocycles. The first-order valence-corrected chi connectivity index (χ1v) is 9.82. The van der Waals surface area contributed by atoms with E-state index in [2.05, 4.69) is 37.8 Å². The zero-order chi connectivity index (χ0) is 18.8. The minimum Gasteiger partial charge on any atom is -0.444 e. The Morgan fingerprint density at radius 2 is 1.52 bits per heavy atom. The van der Waals surface area contributed by atoms with Gasteiger partial charge in [0, 0.05) is 31.1 Å². The lowest BCUT2D eigenvalue weighted by molar-refractivity contribution is 0.0189. The maximum Gasteiger partial charge on any atom is 0.410 e. The highest BCUT2D eigenvalue weighted by atomic mass is 32.2. The van der Waals surface area contributed by atoms with Gasteiger partial charge in [0.1, 0.15) is 9.92 Å². The molecule has 1 aromatic rings. The Bertz CT molecular complexity index is 637. The van der Waals surface area contributed by atoms with Gasteiger partial charge in [-0.05, 0) is 52.7 Å². The van der Waals surface area contributed by atoms with E-state index in [0.717, 1.165) is 17.4 Å². The summed E-state index contributed by atoms with van der Waals surface area (Å²) in [5.74, 6) is 0. The van der Waals surface area contributed by atoms with Gasteiger partial charge in [-0.3, -0.25) is 0 Å². The summed E-state index contributed by atoms with van der Waals surface area (Å²) >= 11 is 7.31. The molecule has 0 N–H and O–H groups in total. The monoisotopic (exact) mass is 380 g/mol. The number of benzene rings is 1. The SMILES string of the molecule is Cc1cc(C)c(SC(=S)N2CCN(C(=O)OC(C)(C)C)CC2)c(C)c1. The molecule has 0 radical (unpaired) electrons. The Morgan fingerprint density at radius 1 is 1.04 bits per heavy atom. The van der Waals surface area contributed by atoms with Crippen molar-refractivity contribution in [1.82, 2.24) is 9.80 Å². The zero-order valence-electron chi connectivity index (χ0n) is 16.0.